The van der Waals surface area contributed by atoms with Gasteiger partial charge in [-0.15, -0.1) is 0 Å². The smallest absolute Gasteiger partial charge is 0.322 e. The molecule has 160 valence electrons. The molecule has 10 heteroatoms. The standard InChI is InChI=1S/C19H27N3O7/c1-2-3-7-20-17(27)11-5-4-6-12(8-11)22-14(24)9-13(23)16(19(22)29)18(28)21-10-15(25)26/h9,11-12,23,29H,2-8,10H2,1H3,(H,20,27)(H,21,28)(H,25,26). The highest BCUT2D eigenvalue weighted by Crippen LogP contribution is 2.36. The van der Waals surface area contributed by atoms with E-state index in [1.807, 2.05) is 12.2 Å². The first kappa shape index (κ1) is 22.3. The molecule has 0 aromatic carbocycles. The van der Waals surface area contributed by atoms with Crippen LogP contribution in [-0.4, -0.2) is 50.8 Å². The SMILES string of the molecule is CCCCNC(=O)C1CCCC(n2c(O)c(C(=O)NCC(=O)O)c(O)cc2=O)C1. The Bertz CT molecular complexity index is 834. The summed E-state index contributed by atoms with van der Waals surface area (Å²) in [5.41, 5.74) is -1.27. The molecule has 1 aliphatic carbocycles. The summed E-state index contributed by atoms with van der Waals surface area (Å²) < 4.78 is 1.00. The van der Waals surface area contributed by atoms with Crippen molar-refractivity contribution in [3.8, 4) is 11.6 Å². The molecule has 0 bridgehead atoms. The molecular weight excluding hydrogens is 382 g/mol. The number of nitrogens with zero attached hydrogens (tertiary/aromatic N) is 1. The lowest BCUT2D eigenvalue weighted by Gasteiger charge is -2.30. The van der Waals surface area contributed by atoms with Gasteiger partial charge in [0.2, 0.25) is 11.8 Å². The van der Waals surface area contributed by atoms with Gasteiger partial charge in [-0.2, -0.15) is 0 Å². The second kappa shape index (κ2) is 9.94. The highest BCUT2D eigenvalue weighted by atomic mass is 16.4. The molecule has 2 unspecified atom stereocenters. The molecule has 1 aliphatic rings. The topological polar surface area (TPSA) is 158 Å². The van der Waals surface area contributed by atoms with Crippen LogP contribution >= 0.6 is 0 Å². The Morgan fingerprint density at radius 1 is 1.21 bits per heavy atom. The number of carbonyl (C=O) groups excluding carboxylic acids is 2. The van der Waals surface area contributed by atoms with E-state index in [0.717, 1.165) is 23.5 Å². The number of aromatic hydroxyl groups is 2. The van der Waals surface area contributed by atoms with Crippen molar-refractivity contribution >= 4 is 17.8 Å². The Morgan fingerprint density at radius 2 is 1.93 bits per heavy atom. The van der Waals surface area contributed by atoms with Crippen molar-refractivity contribution in [3.63, 3.8) is 0 Å². The highest BCUT2D eigenvalue weighted by Gasteiger charge is 2.32. The zero-order chi connectivity index (χ0) is 21.6. The number of rotatable bonds is 8. The first-order valence-corrected chi connectivity index (χ1v) is 9.71. The van der Waals surface area contributed by atoms with Gasteiger partial charge in [-0.3, -0.25) is 23.7 Å². The van der Waals surface area contributed by atoms with Crippen molar-refractivity contribution in [3.05, 3.63) is 22.0 Å². The van der Waals surface area contributed by atoms with E-state index in [2.05, 4.69) is 5.32 Å². The maximum atomic E-state index is 12.4. The zero-order valence-electron chi connectivity index (χ0n) is 16.3. The normalized spacial score (nSPS) is 18.8. The Labute approximate surface area is 167 Å². The van der Waals surface area contributed by atoms with Crippen molar-refractivity contribution in [2.45, 2.75) is 51.5 Å². The van der Waals surface area contributed by atoms with Gasteiger partial charge in [0.15, 0.2) is 0 Å². The summed E-state index contributed by atoms with van der Waals surface area (Å²) >= 11 is 0. The van der Waals surface area contributed by atoms with Crippen LogP contribution in [-0.2, 0) is 9.59 Å². The summed E-state index contributed by atoms with van der Waals surface area (Å²) in [6.45, 7) is 1.89. The third-order valence-corrected chi connectivity index (χ3v) is 5.04. The Hall–Kier alpha value is -3.04. The maximum absolute atomic E-state index is 12.4. The molecule has 1 fully saturated rings. The number of carboxylic acid groups (broad SMARTS) is 1. The van der Waals surface area contributed by atoms with Crippen LogP contribution in [0.15, 0.2) is 10.9 Å². The fourth-order valence-electron chi connectivity index (χ4n) is 3.58. The molecule has 10 nitrogen and oxygen atoms in total. The van der Waals surface area contributed by atoms with E-state index in [0.29, 0.717) is 32.2 Å². The molecule has 1 aromatic rings. The highest BCUT2D eigenvalue weighted by molar-refractivity contribution is 6.00. The Kier molecular flexibility index (Phi) is 7.63. The van der Waals surface area contributed by atoms with Crippen LogP contribution in [0.25, 0.3) is 0 Å². The molecule has 0 aliphatic heterocycles. The van der Waals surface area contributed by atoms with E-state index >= 15 is 0 Å². The number of amides is 2. The van der Waals surface area contributed by atoms with Gasteiger partial charge >= 0.3 is 5.97 Å². The van der Waals surface area contributed by atoms with Gasteiger partial charge in [0.25, 0.3) is 11.5 Å². The minimum Gasteiger partial charge on any atom is -0.507 e. The number of hydrogen-bond acceptors (Lipinski definition) is 6. The van der Waals surface area contributed by atoms with Crippen LogP contribution in [0.4, 0.5) is 0 Å². The van der Waals surface area contributed by atoms with Crippen LogP contribution in [0.2, 0.25) is 0 Å². The fourth-order valence-corrected chi connectivity index (χ4v) is 3.58. The van der Waals surface area contributed by atoms with E-state index < -0.39 is 47.2 Å². The second-order valence-electron chi connectivity index (χ2n) is 7.17. The average Bonchev–Trinajstić information content (AvgIpc) is 2.66. The average molecular weight is 409 g/mol. The van der Waals surface area contributed by atoms with Crippen LogP contribution in [0.5, 0.6) is 11.6 Å². The summed E-state index contributed by atoms with van der Waals surface area (Å²) in [7, 11) is 0. The van der Waals surface area contributed by atoms with Gasteiger partial charge in [0, 0.05) is 24.6 Å². The summed E-state index contributed by atoms with van der Waals surface area (Å²) in [6.07, 6.45) is 3.98. The molecule has 1 aromatic heterocycles. The molecule has 0 spiro atoms. The lowest BCUT2D eigenvalue weighted by Crippen LogP contribution is -2.37. The molecule has 1 heterocycles. The minimum absolute atomic E-state index is 0.103. The molecule has 2 amide bonds. The van der Waals surface area contributed by atoms with Crippen molar-refractivity contribution in [1.29, 1.82) is 0 Å². The number of carboxylic acids is 1. The third-order valence-electron chi connectivity index (χ3n) is 5.04. The molecule has 2 rings (SSSR count). The molecule has 0 saturated heterocycles. The van der Waals surface area contributed by atoms with E-state index in [9.17, 15) is 29.4 Å². The number of carbonyl (C=O) groups is 3. The van der Waals surface area contributed by atoms with E-state index in [4.69, 9.17) is 5.11 Å². The quantitative estimate of drug-likeness (QED) is 0.396. The van der Waals surface area contributed by atoms with E-state index in [1.54, 1.807) is 0 Å². The molecule has 29 heavy (non-hydrogen) atoms. The number of hydrogen-bond donors (Lipinski definition) is 5. The van der Waals surface area contributed by atoms with Crippen LogP contribution in [0.3, 0.4) is 0 Å². The lowest BCUT2D eigenvalue weighted by molar-refractivity contribution is -0.135. The zero-order valence-corrected chi connectivity index (χ0v) is 16.3. The molecule has 1 saturated carbocycles. The number of aliphatic carboxylic acids is 1. The lowest BCUT2D eigenvalue weighted by atomic mass is 9.84. The first-order valence-electron chi connectivity index (χ1n) is 9.71. The fraction of sp³-hybridized carbons (Fsp3) is 0.579. The van der Waals surface area contributed by atoms with Gasteiger partial charge in [-0.1, -0.05) is 19.8 Å². The minimum atomic E-state index is -1.30. The van der Waals surface area contributed by atoms with Gasteiger partial charge in [0.1, 0.15) is 17.9 Å². The van der Waals surface area contributed by atoms with Gasteiger partial charge in [-0.25, -0.2) is 0 Å². The first-order chi connectivity index (χ1) is 13.8. The van der Waals surface area contributed by atoms with Crippen molar-refractivity contribution in [2.75, 3.05) is 13.1 Å². The molecule has 2 atom stereocenters. The maximum Gasteiger partial charge on any atom is 0.322 e. The van der Waals surface area contributed by atoms with Gasteiger partial charge in [0.05, 0.1) is 0 Å². The van der Waals surface area contributed by atoms with Gasteiger partial charge < -0.3 is 26.0 Å². The summed E-state index contributed by atoms with van der Waals surface area (Å²) in [5, 5.41) is 34.1. The van der Waals surface area contributed by atoms with Gasteiger partial charge in [-0.05, 0) is 25.7 Å². The number of aromatic nitrogens is 1. The summed E-state index contributed by atoms with van der Waals surface area (Å²) in [6, 6.07) is 0.283. The van der Waals surface area contributed by atoms with Crippen LogP contribution < -0.4 is 16.2 Å². The molecule has 5 N–H and O–H groups in total. The molecule has 0 radical (unpaired) electrons. The summed E-state index contributed by atoms with van der Waals surface area (Å²) in [4.78, 5) is 47.6. The third kappa shape index (κ3) is 5.49. The number of pyridine rings is 1. The van der Waals surface area contributed by atoms with Crippen LogP contribution in [0.1, 0.15) is 61.8 Å². The number of nitrogens with one attached hydrogen (secondary N) is 2. The van der Waals surface area contributed by atoms with Crippen molar-refractivity contribution in [1.82, 2.24) is 15.2 Å². The largest absolute Gasteiger partial charge is 0.507 e. The summed E-state index contributed by atoms with van der Waals surface area (Å²) in [5.74, 6) is -4.22. The van der Waals surface area contributed by atoms with Crippen molar-refractivity contribution in [2.24, 2.45) is 5.92 Å². The van der Waals surface area contributed by atoms with Crippen molar-refractivity contribution < 1.29 is 29.7 Å². The van der Waals surface area contributed by atoms with E-state index in [-0.39, 0.29) is 11.8 Å². The molecular formula is C19H27N3O7. The predicted molar refractivity (Wildman–Crippen MR) is 103 cm³/mol. The van der Waals surface area contributed by atoms with Crippen LogP contribution in [0, 0.1) is 5.92 Å². The number of unbranched alkanes of at least 4 members (excludes halogenated alkanes) is 1. The monoisotopic (exact) mass is 409 g/mol. The Morgan fingerprint density at radius 3 is 2.59 bits per heavy atom. The second-order valence-corrected chi connectivity index (χ2v) is 7.17. The predicted octanol–water partition coefficient (Wildman–Crippen LogP) is 0.721. The van der Waals surface area contributed by atoms with E-state index in [1.165, 1.54) is 0 Å². The Balaban J connectivity index is 2.25.